The number of hydrogen-bond acceptors (Lipinski definition) is 2. The molecular formula is C13H21BrN2. The molecule has 1 rings (SSSR count). The van der Waals surface area contributed by atoms with Crippen LogP contribution in [0.5, 0.6) is 0 Å². The Balaban J connectivity index is 2.48. The van der Waals surface area contributed by atoms with Crippen LogP contribution in [0.25, 0.3) is 0 Å². The van der Waals surface area contributed by atoms with Crippen LogP contribution in [-0.2, 0) is 6.42 Å². The van der Waals surface area contributed by atoms with Crippen LogP contribution >= 0.6 is 15.9 Å². The molecule has 0 unspecified atom stereocenters. The van der Waals surface area contributed by atoms with Crippen LogP contribution in [0.3, 0.4) is 0 Å². The zero-order valence-corrected chi connectivity index (χ0v) is 12.0. The molecular weight excluding hydrogens is 264 g/mol. The molecule has 1 aromatic heterocycles. The minimum Gasteiger partial charge on any atom is -0.317 e. The zero-order chi connectivity index (χ0) is 12.0. The van der Waals surface area contributed by atoms with Gasteiger partial charge in [-0.1, -0.05) is 20.8 Å². The second-order valence-electron chi connectivity index (χ2n) is 4.91. The Morgan fingerprint density at radius 1 is 1.38 bits per heavy atom. The summed E-state index contributed by atoms with van der Waals surface area (Å²) in [5.74, 6) is 0. The van der Waals surface area contributed by atoms with Gasteiger partial charge in [-0.05, 0) is 59.4 Å². The lowest BCUT2D eigenvalue weighted by Crippen LogP contribution is -2.24. The first-order chi connectivity index (χ1) is 7.53. The van der Waals surface area contributed by atoms with Gasteiger partial charge in [0, 0.05) is 16.4 Å². The van der Waals surface area contributed by atoms with E-state index in [0.717, 1.165) is 24.0 Å². The van der Waals surface area contributed by atoms with Gasteiger partial charge >= 0.3 is 0 Å². The van der Waals surface area contributed by atoms with Crippen LogP contribution in [0.1, 0.15) is 32.9 Å². The first kappa shape index (κ1) is 13.7. The predicted molar refractivity (Wildman–Crippen MR) is 72.6 cm³/mol. The number of rotatable bonds is 6. The van der Waals surface area contributed by atoms with Crippen LogP contribution in [-0.4, -0.2) is 18.1 Å². The lowest BCUT2D eigenvalue weighted by atomic mass is 9.84. The summed E-state index contributed by atoms with van der Waals surface area (Å²) >= 11 is 3.40. The van der Waals surface area contributed by atoms with Gasteiger partial charge in [0.05, 0.1) is 0 Å². The molecule has 0 atom stereocenters. The summed E-state index contributed by atoms with van der Waals surface area (Å²) in [6.45, 7) is 8.87. The van der Waals surface area contributed by atoms with Crippen molar-refractivity contribution in [2.24, 2.45) is 5.41 Å². The van der Waals surface area contributed by atoms with Crippen molar-refractivity contribution in [2.45, 2.75) is 33.6 Å². The molecule has 1 N–H and O–H groups in total. The Labute approximate surface area is 107 Å². The molecule has 0 fully saturated rings. The van der Waals surface area contributed by atoms with E-state index in [4.69, 9.17) is 0 Å². The van der Waals surface area contributed by atoms with Crippen LogP contribution in [0.2, 0.25) is 0 Å². The first-order valence-electron chi connectivity index (χ1n) is 5.85. The molecule has 0 saturated carbocycles. The molecule has 16 heavy (non-hydrogen) atoms. The van der Waals surface area contributed by atoms with Crippen molar-refractivity contribution in [1.82, 2.24) is 10.3 Å². The van der Waals surface area contributed by atoms with Gasteiger partial charge in [-0.2, -0.15) is 0 Å². The minimum absolute atomic E-state index is 0.309. The number of nitrogens with zero attached hydrogens (tertiary/aromatic N) is 1. The van der Waals surface area contributed by atoms with Gasteiger partial charge in [0.15, 0.2) is 0 Å². The van der Waals surface area contributed by atoms with Crippen LogP contribution < -0.4 is 5.32 Å². The summed E-state index contributed by atoms with van der Waals surface area (Å²) in [4.78, 5) is 4.42. The third-order valence-electron chi connectivity index (χ3n) is 2.68. The monoisotopic (exact) mass is 284 g/mol. The van der Waals surface area contributed by atoms with Crippen molar-refractivity contribution in [2.75, 3.05) is 13.1 Å². The normalized spacial score (nSPS) is 11.8. The molecule has 0 amide bonds. The van der Waals surface area contributed by atoms with E-state index in [1.165, 1.54) is 12.1 Å². The number of nitrogens with one attached hydrogen (secondary N) is 1. The van der Waals surface area contributed by atoms with Crippen molar-refractivity contribution in [3.63, 3.8) is 0 Å². The second-order valence-corrected chi connectivity index (χ2v) is 5.83. The minimum atomic E-state index is 0.309. The third kappa shape index (κ3) is 5.08. The molecule has 0 spiro atoms. The molecule has 0 radical (unpaired) electrons. The van der Waals surface area contributed by atoms with Crippen LogP contribution in [0, 0.1) is 5.41 Å². The molecule has 0 aliphatic heterocycles. The molecule has 3 heteroatoms. The fraction of sp³-hybridized carbons (Fsp3) is 0.615. The summed E-state index contributed by atoms with van der Waals surface area (Å²) in [5.41, 5.74) is 1.48. The number of halogens is 1. The summed E-state index contributed by atoms with van der Waals surface area (Å²) in [6, 6.07) is 4.15. The van der Waals surface area contributed by atoms with Gasteiger partial charge in [-0.25, -0.2) is 0 Å². The highest BCUT2D eigenvalue weighted by Gasteiger charge is 2.18. The highest BCUT2D eigenvalue weighted by atomic mass is 79.9. The third-order valence-corrected chi connectivity index (χ3v) is 3.15. The largest absolute Gasteiger partial charge is 0.317 e. The molecule has 0 aliphatic carbocycles. The quantitative estimate of drug-likeness (QED) is 0.810. The SMILES string of the molecule is CCNCCC(C)(C)Cc1ccc(Br)cn1. The maximum atomic E-state index is 4.42. The highest BCUT2D eigenvalue weighted by Crippen LogP contribution is 2.24. The fourth-order valence-corrected chi connectivity index (χ4v) is 1.93. The van der Waals surface area contributed by atoms with Gasteiger partial charge in [-0.3, -0.25) is 4.98 Å². The second kappa shape index (κ2) is 6.36. The average Bonchev–Trinajstić information content (AvgIpc) is 2.21. The highest BCUT2D eigenvalue weighted by molar-refractivity contribution is 9.10. The van der Waals surface area contributed by atoms with E-state index in [9.17, 15) is 0 Å². The van der Waals surface area contributed by atoms with E-state index in [1.807, 2.05) is 6.20 Å². The lowest BCUT2D eigenvalue weighted by molar-refractivity contribution is 0.323. The van der Waals surface area contributed by atoms with E-state index in [2.05, 4.69) is 59.1 Å². The van der Waals surface area contributed by atoms with E-state index < -0.39 is 0 Å². The number of aromatic nitrogens is 1. The van der Waals surface area contributed by atoms with Crippen molar-refractivity contribution < 1.29 is 0 Å². The molecule has 0 aromatic carbocycles. The Bertz CT molecular complexity index is 306. The summed E-state index contributed by atoms with van der Waals surface area (Å²) in [6.07, 6.45) is 4.08. The standard InChI is InChI=1S/C13H21BrN2/c1-4-15-8-7-13(2,3)9-12-6-5-11(14)10-16-12/h5-6,10,15H,4,7-9H2,1-3H3. The summed E-state index contributed by atoms with van der Waals surface area (Å²) in [7, 11) is 0. The predicted octanol–water partition coefficient (Wildman–Crippen LogP) is 3.41. The summed E-state index contributed by atoms with van der Waals surface area (Å²) in [5, 5.41) is 3.37. The van der Waals surface area contributed by atoms with Gasteiger partial charge in [-0.15, -0.1) is 0 Å². The fourth-order valence-electron chi connectivity index (χ4n) is 1.69. The molecule has 1 heterocycles. The van der Waals surface area contributed by atoms with Crippen LogP contribution in [0.4, 0.5) is 0 Å². The topological polar surface area (TPSA) is 24.9 Å². The average molecular weight is 285 g/mol. The van der Waals surface area contributed by atoms with Crippen LogP contribution in [0.15, 0.2) is 22.8 Å². The number of pyridine rings is 1. The van der Waals surface area contributed by atoms with Gasteiger partial charge in [0.2, 0.25) is 0 Å². The Hall–Kier alpha value is -0.410. The van der Waals surface area contributed by atoms with E-state index >= 15 is 0 Å². The van der Waals surface area contributed by atoms with Crippen molar-refractivity contribution in [1.29, 1.82) is 0 Å². The first-order valence-corrected chi connectivity index (χ1v) is 6.64. The van der Waals surface area contributed by atoms with Gasteiger partial charge in [0.1, 0.15) is 0 Å². The number of hydrogen-bond donors (Lipinski definition) is 1. The lowest BCUT2D eigenvalue weighted by Gasteiger charge is -2.24. The Morgan fingerprint density at radius 2 is 2.12 bits per heavy atom. The van der Waals surface area contributed by atoms with Crippen molar-refractivity contribution in [3.05, 3.63) is 28.5 Å². The van der Waals surface area contributed by atoms with Crippen molar-refractivity contribution >= 4 is 15.9 Å². The summed E-state index contributed by atoms with van der Waals surface area (Å²) < 4.78 is 1.04. The molecule has 0 bridgehead atoms. The van der Waals surface area contributed by atoms with E-state index in [0.29, 0.717) is 5.41 Å². The molecule has 0 saturated heterocycles. The Kier molecular flexibility index (Phi) is 5.42. The van der Waals surface area contributed by atoms with Gasteiger partial charge < -0.3 is 5.32 Å². The Morgan fingerprint density at radius 3 is 2.69 bits per heavy atom. The molecule has 1 aromatic rings. The maximum absolute atomic E-state index is 4.42. The van der Waals surface area contributed by atoms with Gasteiger partial charge in [0.25, 0.3) is 0 Å². The molecule has 2 nitrogen and oxygen atoms in total. The molecule has 0 aliphatic rings. The van der Waals surface area contributed by atoms with E-state index in [-0.39, 0.29) is 0 Å². The van der Waals surface area contributed by atoms with Crippen molar-refractivity contribution in [3.8, 4) is 0 Å². The zero-order valence-electron chi connectivity index (χ0n) is 10.4. The maximum Gasteiger partial charge on any atom is 0.0413 e. The smallest absolute Gasteiger partial charge is 0.0413 e. The van der Waals surface area contributed by atoms with E-state index in [1.54, 1.807) is 0 Å². The molecule has 90 valence electrons.